The van der Waals surface area contributed by atoms with Crippen molar-refractivity contribution in [1.82, 2.24) is 4.98 Å². The molecule has 4 aromatic rings. The van der Waals surface area contributed by atoms with Crippen LogP contribution < -0.4 is 19.7 Å². The number of ether oxygens (including phenoxy) is 2. The molecule has 43 heavy (non-hydrogen) atoms. The van der Waals surface area contributed by atoms with E-state index in [1.165, 1.54) is 29.2 Å². The predicted molar refractivity (Wildman–Crippen MR) is 168 cm³/mol. The van der Waals surface area contributed by atoms with Gasteiger partial charge >= 0.3 is 0 Å². The number of anilines is 2. The SMILES string of the molecule is CC(=O)N1c2c(cccc2OCc2cscn2)NC2=C(C1c1ccc(OCc3ccccc3)cc1F)S(=O)CC(C)(C)C2. The van der Waals surface area contributed by atoms with E-state index in [1.54, 1.807) is 23.7 Å². The van der Waals surface area contributed by atoms with E-state index >= 15 is 4.39 Å². The number of hydrogen-bond donors (Lipinski definition) is 1. The minimum atomic E-state index is -1.49. The first-order valence-corrected chi connectivity index (χ1v) is 16.2. The summed E-state index contributed by atoms with van der Waals surface area (Å²) in [6, 6.07) is 18.8. The molecule has 2 aliphatic heterocycles. The van der Waals surface area contributed by atoms with Crippen LogP contribution in [0.5, 0.6) is 11.5 Å². The van der Waals surface area contributed by atoms with E-state index in [-0.39, 0.29) is 30.1 Å². The van der Waals surface area contributed by atoms with Crippen LogP contribution >= 0.6 is 11.3 Å². The molecule has 0 fully saturated rings. The lowest BCUT2D eigenvalue weighted by molar-refractivity contribution is -0.116. The molecule has 3 heterocycles. The summed E-state index contributed by atoms with van der Waals surface area (Å²) >= 11 is 1.47. The number of benzene rings is 3. The fourth-order valence-electron chi connectivity index (χ4n) is 5.62. The number of halogens is 1. The Balaban J connectivity index is 1.46. The molecule has 2 unspecified atom stereocenters. The van der Waals surface area contributed by atoms with Gasteiger partial charge in [-0.1, -0.05) is 50.2 Å². The van der Waals surface area contributed by atoms with Gasteiger partial charge in [0.1, 0.15) is 42.3 Å². The number of allylic oxidation sites excluding steroid dienone is 1. The van der Waals surface area contributed by atoms with E-state index in [0.717, 1.165) is 17.0 Å². The van der Waals surface area contributed by atoms with Crippen molar-refractivity contribution in [3.05, 3.63) is 111 Å². The van der Waals surface area contributed by atoms with E-state index in [4.69, 9.17) is 9.47 Å². The summed E-state index contributed by atoms with van der Waals surface area (Å²) in [6.07, 6.45) is 0.583. The van der Waals surface area contributed by atoms with Crippen molar-refractivity contribution in [2.45, 2.75) is 46.4 Å². The van der Waals surface area contributed by atoms with Gasteiger partial charge in [-0.2, -0.15) is 0 Å². The topological polar surface area (TPSA) is 80.8 Å². The molecular formula is C33H32FN3O4S2. The van der Waals surface area contributed by atoms with Crippen molar-refractivity contribution in [3.63, 3.8) is 0 Å². The number of aromatic nitrogens is 1. The summed E-state index contributed by atoms with van der Waals surface area (Å²) in [5.74, 6) is 0.293. The highest BCUT2D eigenvalue weighted by Crippen LogP contribution is 2.51. The molecule has 222 valence electrons. The summed E-state index contributed by atoms with van der Waals surface area (Å²) in [4.78, 5) is 19.9. The molecule has 0 aliphatic carbocycles. The van der Waals surface area contributed by atoms with Gasteiger partial charge in [0, 0.05) is 35.4 Å². The molecular weight excluding hydrogens is 586 g/mol. The largest absolute Gasteiger partial charge is 0.489 e. The maximum Gasteiger partial charge on any atom is 0.224 e. The number of rotatable bonds is 7. The van der Waals surface area contributed by atoms with Crippen molar-refractivity contribution in [2.24, 2.45) is 5.41 Å². The van der Waals surface area contributed by atoms with Crippen molar-refractivity contribution >= 4 is 39.4 Å². The van der Waals surface area contributed by atoms with Gasteiger partial charge in [-0.3, -0.25) is 13.9 Å². The number of nitrogens with zero attached hydrogens (tertiary/aromatic N) is 2. The summed E-state index contributed by atoms with van der Waals surface area (Å²) in [7, 11) is -1.49. The van der Waals surface area contributed by atoms with Crippen LogP contribution in [0.3, 0.4) is 0 Å². The first kappa shape index (κ1) is 29.1. The molecule has 2 aliphatic rings. The summed E-state index contributed by atoms with van der Waals surface area (Å²) < 4.78 is 42.3. The highest BCUT2D eigenvalue weighted by atomic mass is 32.2. The average Bonchev–Trinajstić information content (AvgIpc) is 3.44. The number of hydrogen-bond acceptors (Lipinski definition) is 7. The maximum atomic E-state index is 16.2. The number of thiazole rings is 1. The standard InChI is InChI=1S/C33H32FN3O4S2/c1-21(38)37-30(25-13-12-24(14-26(25)34)40-16-22-8-5-4-6-9-22)32-28(15-33(2,3)19-43(32)39)36-27-10-7-11-29(31(27)37)41-17-23-18-42-20-35-23/h4-14,18,20,30,36H,15-17,19H2,1-3H3. The molecule has 2 atom stereocenters. The lowest BCUT2D eigenvalue weighted by atomic mass is 9.88. The van der Waals surface area contributed by atoms with Gasteiger partial charge in [0.15, 0.2) is 0 Å². The van der Waals surface area contributed by atoms with E-state index in [2.05, 4.69) is 24.1 Å². The van der Waals surface area contributed by atoms with Crippen molar-refractivity contribution in [2.75, 3.05) is 16.0 Å². The molecule has 1 aromatic heterocycles. The van der Waals surface area contributed by atoms with Gasteiger partial charge in [0.25, 0.3) is 0 Å². The third-order valence-electron chi connectivity index (χ3n) is 7.46. The Kier molecular flexibility index (Phi) is 8.07. The third-order valence-corrected chi connectivity index (χ3v) is 10.1. The number of para-hydroxylation sites is 1. The summed E-state index contributed by atoms with van der Waals surface area (Å²) in [5, 5.41) is 5.38. The molecule has 3 aromatic carbocycles. The third kappa shape index (κ3) is 6.07. The molecule has 0 bridgehead atoms. The minimum absolute atomic E-state index is 0.199. The highest BCUT2D eigenvalue weighted by molar-refractivity contribution is 7.89. The van der Waals surface area contributed by atoms with Gasteiger partial charge in [-0.15, -0.1) is 11.3 Å². The number of carbonyl (C=O) groups is 1. The number of fused-ring (bicyclic) bond motifs is 1. The second kappa shape index (κ2) is 11.9. The van der Waals surface area contributed by atoms with Crippen LogP contribution in [0.1, 0.15) is 50.1 Å². The smallest absolute Gasteiger partial charge is 0.224 e. The van der Waals surface area contributed by atoms with Crippen LogP contribution in [0.15, 0.2) is 88.2 Å². The van der Waals surface area contributed by atoms with Crippen LogP contribution in [0, 0.1) is 11.2 Å². The zero-order valence-corrected chi connectivity index (χ0v) is 25.8. The summed E-state index contributed by atoms with van der Waals surface area (Å²) in [6.45, 7) is 6.04. The monoisotopic (exact) mass is 617 g/mol. The molecule has 0 radical (unpaired) electrons. The van der Waals surface area contributed by atoms with E-state index in [1.807, 2.05) is 47.8 Å². The molecule has 0 spiro atoms. The van der Waals surface area contributed by atoms with E-state index in [9.17, 15) is 9.00 Å². The Bertz CT molecular complexity index is 1710. The average molecular weight is 618 g/mol. The molecule has 6 rings (SSSR count). The zero-order chi connectivity index (χ0) is 30.1. The molecule has 0 saturated carbocycles. The first-order valence-electron chi connectivity index (χ1n) is 14.0. The Labute approximate surface area is 256 Å². The number of carbonyl (C=O) groups excluding carboxylic acids is 1. The molecule has 7 nitrogen and oxygen atoms in total. The number of amides is 1. The van der Waals surface area contributed by atoms with Crippen LogP contribution in [0.25, 0.3) is 0 Å². The Morgan fingerprint density at radius 3 is 2.65 bits per heavy atom. The number of nitrogens with one attached hydrogen (secondary N) is 1. The van der Waals surface area contributed by atoms with Crippen molar-refractivity contribution in [1.29, 1.82) is 0 Å². The van der Waals surface area contributed by atoms with Crippen molar-refractivity contribution < 1.29 is 22.9 Å². The van der Waals surface area contributed by atoms with Crippen LogP contribution in [0.2, 0.25) is 0 Å². The zero-order valence-electron chi connectivity index (χ0n) is 24.1. The van der Waals surface area contributed by atoms with Crippen LogP contribution in [-0.2, 0) is 28.8 Å². The van der Waals surface area contributed by atoms with Crippen LogP contribution in [0.4, 0.5) is 15.8 Å². The Hall–Kier alpha value is -4.02. The fraction of sp³-hybridized carbons (Fsp3) is 0.273. The lowest BCUT2D eigenvalue weighted by Gasteiger charge is -2.37. The predicted octanol–water partition coefficient (Wildman–Crippen LogP) is 7.35. The van der Waals surface area contributed by atoms with Gasteiger partial charge in [-0.05, 0) is 41.7 Å². The highest BCUT2D eigenvalue weighted by Gasteiger charge is 2.44. The molecule has 1 N–H and O–H groups in total. The van der Waals surface area contributed by atoms with Gasteiger partial charge in [0.2, 0.25) is 5.91 Å². The van der Waals surface area contributed by atoms with E-state index in [0.29, 0.717) is 40.0 Å². The van der Waals surface area contributed by atoms with Crippen molar-refractivity contribution in [3.8, 4) is 11.5 Å². The minimum Gasteiger partial charge on any atom is -0.489 e. The van der Waals surface area contributed by atoms with Gasteiger partial charge in [-0.25, -0.2) is 9.37 Å². The Morgan fingerprint density at radius 1 is 1.12 bits per heavy atom. The summed E-state index contributed by atoms with van der Waals surface area (Å²) in [5.41, 5.74) is 5.22. The van der Waals surface area contributed by atoms with E-state index < -0.39 is 22.7 Å². The van der Waals surface area contributed by atoms with Gasteiger partial charge in [0.05, 0.1) is 32.6 Å². The normalized spacial score (nSPS) is 19.1. The second-order valence-electron chi connectivity index (χ2n) is 11.5. The second-order valence-corrected chi connectivity index (χ2v) is 13.6. The van der Waals surface area contributed by atoms with Crippen LogP contribution in [-0.4, -0.2) is 20.9 Å². The quantitative estimate of drug-likeness (QED) is 0.234. The fourth-order valence-corrected chi connectivity index (χ4v) is 8.01. The first-order chi connectivity index (χ1) is 20.7. The maximum absolute atomic E-state index is 16.2. The molecule has 10 heteroatoms. The Morgan fingerprint density at radius 2 is 1.93 bits per heavy atom. The molecule has 0 saturated heterocycles. The lowest BCUT2D eigenvalue weighted by Crippen LogP contribution is -2.38. The van der Waals surface area contributed by atoms with Gasteiger partial charge < -0.3 is 14.8 Å². The molecule has 1 amide bonds.